The summed E-state index contributed by atoms with van der Waals surface area (Å²) in [7, 11) is 2.14. The lowest BCUT2D eigenvalue weighted by molar-refractivity contribution is 0.0281. The van der Waals surface area contributed by atoms with Gasteiger partial charge in [0.25, 0.3) is 0 Å². The van der Waals surface area contributed by atoms with Gasteiger partial charge in [0.1, 0.15) is 0 Å². The van der Waals surface area contributed by atoms with Crippen molar-refractivity contribution in [2.24, 2.45) is 5.92 Å². The monoisotopic (exact) mass is 201 g/mol. The van der Waals surface area contributed by atoms with Crippen LogP contribution in [-0.2, 0) is 0 Å². The van der Waals surface area contributed by atoms with Gasteiger partial charge >= 0.3 is 0 Å². The van der Waals surface area contributed by atoms with Gasteiger partial charge in [-0.2, -0.15) is 0 Å². The van der Waals surface area contributed by atoms with Crippen LogP contribution in [-0.4, -0.2) is 48.0 Å². The fraction of sp³-hybridized carbons (Fsp3) is 1.00. The summed E-state index contributed by atoms with van der Waals surface area (Å²) in [5.41, 5.74) is 0. The maximum absolute atomic E-state index is 9.13. The third kappa shape index (κ3) is 4.40. The number of aliphatic hydroxyl groups is 2. The van der Waals surface area contributed by atoms with Crippen molar-refractivity contribution in [3.63, 3.8) is 0 Å². The van der Waals surface area contributed by atoms with E-state index in [2.05, 4.69) is 11.9 Å². The zero-order valence-electron chi connectivity index (χ0n) is 9.15. The Labute approximate surface area is 86.7 Å². The molecule has 14 heavy (non-hydrogen) atoms. The second kappa shape index (κ2) is 6.38. The molecule has 0 aromatic carbocycles. The molecule has 0 aromatic heterocycles. The summed E-state index contributed by atoms with van der Waals surface area (Å²) in [6.45, 7) is 2.56. The van der Waals surface area contributed by atoms with Gasteiger partial charge in [-0.1, -0.05) is 0 Å². The molecule has 3 nitrogen and oxygen atoms in total. The van der Waals surface area contributed by atoms with Crippen molar-refractivity contribution in [2.75, 3.05) is 26.7 Å². The third-order valence-corrected chi connectivity index (χ3v) is 2.98. The quantitative estimate of drug-likeness (QED) is 0.600. The summed E-state index contributed by atoms with van der Waals surface area (Å²) < 4.78 is 0. The van der Waals surface area contributed by atoms with Crippen LogP contribution < -0.4 is 0 Å². The number of unbranched alkanes of at least 4 members (excludes halogenated alkanes) is 2. The van der Waals surface area contributed by atoms with Crippen molar-refractivity contribution < 1.29 is 10.2 Å². The summed E-state index contributed by atoms with van der Waals surface area (Å²) >= 11 is 0. The first-order chi connectivity index (χ1) is 6.72. The Balaban J connectivity index is 1.91. The summed E-state index contributed by atoms with van der Waals surface area (Å²) in [4.78, 5) is 2.34. The van der Waals surface area contributed by atoms with E-state index >= 15 is 0 Å². The summed E-state index contributed by atoms with van der Waals surface area (Å²) in [6.07, 6.45) is 5.17. The van der Waals surface area contributed by atoms with Crippen molar-refractivity contribution in [1.82, 2.24) is 4.90 Å². The highest BCUT2D eigenvalue weighted by atomic mass is 16.3. The van der Waals surface area contributed by atoms with Crippen molar-refractivity contribution in [3.05, 3.63) is 0 Å². The first-order valence-corrected chi connectivity index (χ1v) is 5.70. The maximum Gasteiger partial charge on any atom is 0.0546 e. The minimum Gasteiger partial charge on any atom is -0.396 e. The van der Waals surface area contributed by atoms with E-state index in [0.29, 0.717) is 12.5 Å². The number of aliphatic hydroxyl groups excluding tert-OH is 2. The number of hydrogen-bond acceptors (Lipinski definition) is 3. The van der Waals surface area contributed by atoms with Crippen LogP contribution in [0.1, 0.15) is 32.1 Å². The molecule has 0 radical (unpaired) electrons. The second-order valence-corrected chi connectivity index (χ2v) is 4.54. The molecule has 0 aliphatic heterocycles. The van der Waals surface area contributed by atoms with Gasteiger partial charge in [-0.3, -0.25) is 0 Å². The summed E-state index contributed by atoms with van der Waals surface area (Å²) in [6, 6.07) is 0. The van der Waals surface area contributed by atoms with E-state index in [4.69, 9.17) is 10.2 Å². The first-order valence-electron chi connectivity index (χ1n) is 5.70. The Morgan fingerprint density at radius 3 is 2.50 bits per heavy atom. The molecule has 0 bridgehead atoms. The maximum atomic E-state index is 9.13. The molecule has 3 heteroatoms. The van der Waals surface area contributed by atoms with Crippen LogP contribution in [0.4, 0.5) is 0 Å². The average Bonchev–Trinajstić information content (AvgIpc) is 2.10. The molecule has 1 aliphatic carbocycles. The number of nitrogens with zero attached hydrogens (tertiary/aromatic N) is 1. The first kappa shape index (κ1) is 12.0. The molecule has 2 N–H and O–H groups in total. The van der Waals surface area contributed by atoms with Gasteiger partial charge in [-0.15, -0.1) is 0 Å². The molecule has 1 aliphatic rings. The molecule has 1 fully saturated rings. The normalized spacial score (nSPS) is 26.6. The van der Waals surface area contributed by atoms with Crippen molar-refractivity contribution in [3.8, 4) is 0 Å². The van der Waals surface area contributed by atoms with Crippen LogP contribution in [0.5, 0.6) is 0 Å². The van der Waals surface area contributed by atoms with Gasteiger partial charge in [-0.25, -0.2) is 0 Å². The standard InChI is InChI=1S/C11H23NO2/c1-12(5-3-2-4-6-13)9-10-7-11(14)8-10/h10-11,13-14H,2-9H2,1H3. The Morgan fingerprint density at radius 1 is 1.21 bits per heavy atom. The number of rotatable bonds is 7. The van der Waals surface area contributed by atoms with Crippen LogP contribution in [0.2, 0.25) is 0 Å². The Morgan fingerprint density at radius 2 is 1.93 bits per heavy atom. The molecule has 84 valence electrons. The molecule has 0 amide bonds. The minimum atomic E-state index is -0.0252. The van der Waals surface area contributed by atoms with E-state index in [-0.39, 0.29) is 6.10 Å². The van der Waals surface area contributed by atoms with E-state index in [1.54, 1.807) is 0 Å². The largest absolute Gasteiger partial charge is 0.396 e. The molecule has 0 heterocycles. The zero-order valence-corrected chi connectivity index (χ0v) is 9.15. The van der Waals surface area contributed by atoms with Gasteiger partial charge in [0, 0.05) is 13.2 Å². The lowest BCUT2D eigenvalue weighted by atomic mass is 9.82. The minimum absolute atomic E-state index is 0.0252. The van der Waals surface area contributed by atoms with Gasteiger partial charge in [0.05, 0.1) is 6.10 Å². The van der Waals surface area contributed by atoms with E-state index < -0.39 is 0 Å². The molecule has 0 unspecified atom stereocenters. The smallest absolute Gasteiger partial charge is 0.0546 e. The summed E-state index contributed by atoms with van der Waals surface area (Å²) in [5, 5.41) is 17.7. The van der Waals surface area contributed by atoms with Crippen LogP contribution in [0, 0.1) is 5.92 Å². The number of hydrogen-bond donors (Lipinski definition) is 2. The SMILES string of the molecule is CN(CCCCCO)CC1CC(O)C1. The molecule has 0 saturated heterocycles. The van der Waals surface area contributed by atoms with Crippen LogP contribution >= 0.6 is 0 Å². The van der Waals surface area contributed by atoms with Gasteiger partial charge < -0.3 is 15.1 Å². The fourth-order valence-electron chi connectivity index (χ4n) is 2.05. The Hall–Kier alpha value is -0.120. The Bertz CT molecular complexity index is 146. The zero-order chi connectivity index (χ0) is 10.4. The lowest BCUT2D eigenvalue weighted by Gasteiger charge is -2.34. The molecule has 0 spiro atoms. The highest BCUT2D eigenvalue weighted by Gasteiger charge is 2.27. The van der Waals surface area contributed by atoms with Crippen LogP contribution in [0.15, 0.2) is 0 Å². The van der Waals surface area contributed by atoms with Crippen molar-refractivity contribution in [1.29, 1.82) is 0 Å². The van der Waals surface area contributed by atoms with E-state index in [0.717, 1.165) is 38.8 Å². The van der Waals surface area contributed by atoms with Crippen LogP contribution in [0.25, 0.3) is 0 Å². The lowest BCUT2D eigenvalue weighted by Crippen LogP contribution is -2.37. The van der Waals surface area contributed by atoms with Crippen LogP contribution in [0.3, 0.4) is 0 Å². The van der Waals surface area contributed by atoms with Gasteiger partial charge in [-0.05, 0) is 51.6 Å². The van der Waals surface area contributed by atoms with E-state index in [1.807, 2.05) is 0 Å². The highest BCUT2D eigenvalue weighted by Crippen LogP contribution is 2.27. The second-order valence-electron chi connectivity index (χ2n) is 4.54. The fourth-order valence-corrected chi connectivity index (χ4v) is 2.05. The third-order valence-electron chi connectivity index (χ3n) is 2.98. The molecule has 0 aromatic rings. The topological polar surface area (TPSA) is 43.7 Å². The molecule has 1 rings (SSSR count). The predicted molar refractivity (Wildman–Crippen MR) is 57.2 cm³/mol. The predicted octanol–water partition coefficient (Wildman–Crippen LogP) is 0.852. The Kier molecular flexibility index (Phi) is 5.45. The van der Waals surface area contributed by atoms with E-state index in [1.165, 1.54) is 6.42 Å². The highest BCUT2D eigenvalue weighted by molar-refractivity contribution is 4.80. The molecular formula is C11H23NO2. The molecule has 1 saturated carbocycles. The van der Waals surface area contributed by atoms with Gasteiger partial charge in [0.2, 0.25) is 0 Å². The van der Waals surface area contributed by atoms with Crippen molar-refractivity contribution in [2.45, 2.75) is 38.2 Å². The molecule has 0 atom stereocenters. The van der Waals surface area contributed by atoms with Gasteiger partial charge in [0.15, 0.2) is 0 Å². The van der Waals surface area contributed by atoms with Crippen molar-refractivity contribution >= 4 is 0 Å². The summed E-state index contributed by atoms with van der Waals surface area (Å²) in [5.74, 6) is 0.716. The average molecular weight is 201 g/mol. The van der Waals surface area contributed by atoms with E-state index in [9.17, 15) is 0 Å². The molecular weight excluding hydrogens is 178 g/mol.